The maximum atomic E-state index is 10.0. The first-order valence-corrected chi connectivity index (χ1v) is 11.4. The molecule has 0 aliphatic heterocycles. The molecule has 0 unspecified atom stereocenters. The number of phenols is 1. The number of aromatic nitrogens is 2. The topological polar surface area (TPSA) is 58.1 Å². The van der Waals surface area contributed by atoms with Crippen molar-refractivity contribution in [3.63, 3.8) is 0 Å². The number of phenolic OH excluding ortho intramolecular Hbond substituents is 1. The van der Waals surface area contributed by atoms with Gasteiger partial charge in [0.15, 0.2) is 11.5 Å². The molecule has 1 heterocycles. The Hall–Kier alpha value is -2.07. The van der Waals surface area contributed by atoms with Crippen molar-refractivity contribution in [1.29, 1.82) is 0 Å². The third-order valence-electron chi connectivity index (χ3n) is 5.01. The normalized spacial score (nSPS) is 11.6. The Morgan fingerprint density at radius 1 is 0.897 bits per heavy atom. The second-order valence-electron chi connectivity index (χ2n) is 6.80. The number of nitrogens with zero attached hydrogens (tertiary/aromatic N) is 1. The Morgan fingerprint density at radius 3 is 2.31 bits per heavy atom. The van der Waals surface area contributed by atoms with Gasteiger partial charge in [-0.25, -0.2) is 4.98 Å². The Morgan fingerprint density at radius 2 is 1.59 bits per heavy atom. The van der Waals surface area contributed by atoms with E-state index < -0.39 is 0 Å². The van der Waals surface area contributed by atoms with Crippen LogP contribution in [0.3, 0.4) is 0 Å². The molecule has 6 heteroatoms. The molecule has 0 fully saturated rings. The highest BCUT2D eigenvalue weighted by molar-refractivity contribution is 14.1. The van der Waals surface area contributed by atoms with E-state index in [0.717, 1.165) is 33.2 Å². The molecule has 4 nitrogen and oxygen atoms in total. The van der Waals surface area contributed by atoms with Gasteiger partial charge in [0, 0.05) is 23.5 Å². The molecule has 5 rings (SSSR count). The molecular weight excluding hydrogens is 590 g/mol. The number of aromatic amines is 1. The molecule has 0 saturated heterocycles. The van der Waals surface area contributed by atoms with E-state index in [4.69, 9.17) is 9.72 Å². The van der Waals surface area contributed by atoms with Crippen LogP contribution in [0, 0.1) is 7.14 Å². The van der Waals surface area contributed by atoms with Gasteiger partial charge in [0.1, 0.15) is 5.82 Å². The van der Waals surface area contributed by atoms with E-state index in [1.165, 1.54) is 17.9 Å². The molecule has 5 aromatic rings. The predicted molar refractivity (Wildman–Crippen MR) is 135 cm³/mol. The SMILES string of the molecule is CCOc1cc(-c2nc3c4cc(I)ccc4c4ccc(I)cc4c3[nH]2)ccc1O. The summed E-state index contributed by atoms with van der Waals surface area (Å²) in [6, 6.07) is 18.3. The predicted octanol–water partition coefficient (Wildman–Crippen LogP) is 6.85. The van der Waals surface area contributed by atoms with Gasteiger partial charge in [0.2, 0.25) is 0 Å². The van der Waals surface area contributed by atoms with E-state index in [-0.39, 0.29) is 5.75 Å². The van der Waals surface area contributed by atoms with E-state index in [0.29, 0.717) is 12.4 Å². The van der Waals surface area contributed by atoms with E-state index in [9.17, 15) is 5.11 Å². The number of hydrogen-bond acceptors (Lipinski definition) is 3. The lowest BCUT2D eigenvalue weighted by molar-refractivity contribution is 0.318. The van der Waals surface area contributed by atoms with Crippen LogP contribution in [0.2, 0.25) is 0 Å². The van der Waals surface area contributed by atoms with Gasteiger partial charge in [0.05, 0.1) is 17.6 Å². The van der Waals surface area contributed by atoms with Crippen molar-refractivity contribution in [1.82, 2.24) is 9.97 Å². The van der Waals surface area contributed by atoms with Crippen LogP contribution in [0.4, 0.5) is 0 Å². The highest BCUT2D eigenvalue weighted by Gasteiger charge is 2.15. The smallest absolute Gasteiger partial charge is 0.161 e. The highest BCUT2D eigenvalue weighted by Crippen LogP contribution is 2.38. The van der Waals surface area contributed by atoms with E-state index in [1.54, 1.807) is 6.07 Å². The molecule has 0 saturated carbocycles. The van der Waals surface area contributed by atoms with Crippen molar-refractivity contribution >= 4 is 77.8 Å². The first-order valence-electron chi connectivity index (χ1n) is 9.21. The van der Waals surface area contributed by atoms with Crippen molar-refractivity contribution in [2.24, 2.45) is 0 Å². The zero-order valence-electron chi connectivity index (χ0n) is 15.5. The van der Waals surface area contributed by atoms with Gasteiger partial charge < -0.3 is 14.8 Å². The maximum Gasteiger partial charge on any atom is 0.161 e. The van der Waals surface area contributed by atoms with Crippen LogP contribution in [0.15, 0.2) is 54.6 Å². The quantitative estimate of drug-likeness (QED) is 0.175. The van der Waals surface area contributed by atoms with Gasteiger partial charge in [-0.2, -0.15) is 0 Å². The van der Waals surface area contributed by atoms with Crippen LogP contribution >= 0.6 is 45.2 Å². The third kappa shape index (κ3) is 3.22. The van der Waals surface area contributed by atoms with Crippen LogP contribution in [-0.2, 0) is 0 Å². The lowest BCUT2D eigenvalue weighted by atomic mass is 10.0. The summed E-state index contributed by atoms with van der Waals surface area (Å²) in [5.41, 5.74) is 2.85. The van der Waals surface area contributed by atoms with Gasteiger partial charge in [-0.1, -0.05) is 12.1 Å². The number of fused-ring (bicyclic) bond motifs is 6. The van der Waals surface area contributed by atoms with Crippen LogP contribution < -0.4 is 4.74 Å². The van der Waals surface area contributed by atoms with E-state index in [1.807, 2.05) is 19.1 Å². The fraction of sp³-hybridized carbons (Fsp3) is 0.0870. The molecule has 2 N–H and O–H groups in total. The van der Waals surface area contributed by atoms with E-state index >= 15 is 0 Å². The summed E-state index contributed by atoms with van der Waals surface area (Å²) in [5, 5.41) is 14.7. The van der Waals surface area contributed by atoms with Gasteiger partial charge in [-0.05, 0) is 105 Å². The van der Waals surface area contributed by atoms with Crippen molar-refractivity contribution < 1.29 is 9.84 Å². The minimum Gasteiger partial charge on any atom is -0.504 e. The van der Waals surface area contributed by atoms with Gasteiger partial charge in [-0.15, -0.1) is 0 Å². The second-order valence-corrected chi connectivity index (χ2v) is 9.30. The zero-order chi connectivity index (χ0) is 20.1. The standard InChI is InChI=1S/C23H16I2N2O2/c1-2-29-20-9-12(3-8-19(20)28)23-26-21-17-10-13(24)4-6-15(17)16-7-5-14(25)11-18(16)22(21)27-23/h3-11,28H,2H2,1H3,(H,26,27). The van der Waals surface area contributed by atoms with Gasteiger partial charge in [-0.3, -0.25) is 0 Å². The van der Waals surface area contributed by atoms with Crippen molar-refractivity contribution in [3.05, 3.63) is 61.7 Å². The molecule has 0 aliphatic rings. The minimum atomic E-state index is 0.131. The van der Waals surface area contributed by atoms with Crippen LogP contribution in [0.1, 0.15) is 6.92 Å². The number of H-pyrrole nitrogens is 1. The summed E-state index contributed by atoms with van der Waals surface area (Å²) >= 11 is 4.69. The summed E-state index contributed by atoms with van der Waals surface area (Å²) in [5.74, 6) is 1.35. The summed E-state index contributed by atoms with van der Waals surface area (Å²) in [4.78, 5) is 8.49. The average molecular weight is 606 g/mol. The molecule has 0 amide bonds. The lowest BCUT2D eigenvalue weighted by Gasteiger charge is -2.07. The first-order chi connectivity index (χ1) is 14.0. The molecule has 1 aromatic heterocycles. The number of halogens is 2. The third-order valence-corrected chi connectivity index (χ3v) is 6.36. The Balaban J connectivity index is 1.86. The molecule has 4 aromatic carbocycles. The van der Waals surface area contributed by atoms with Gasteiger partial charge in [0.25, 0.3) is 0 Å². The summed E-state index contributed by atoms with van der Waals surface area (Å²) in [7, 11) is 0. The minimum absolute atomic E-state index is 0.131. The molecule has 0 aliphatic carbocycles. The monoisotopic (exact) mass is 606 g/mol. The number of benzene rings is 4. The number of nitrogens with one attached hydrogen (secondary N) is 1. The fourth-order valence-corrected chi connectivity index (χ4v) is 4.72. The summed E-state index contributed by atoms with van der Waals surface area (Å²) in [6.07, 6.45) is 0. The van der Waals surface area contributed by atoms with Crippen LogP contribution in [0.5, 0.6) is 11.5 Å². The Bertz CT molecular complexity index is 1330. The Kier molecular flexibility index (Phi) is 4.78. The maximum absolute atomic E-state index is 10.0. The number of ether oxygens (including phenoxy) is 1. The van der Waals surface area contributed by atoms with Crippen molar-refractivity contribution in [2.45, 2.75) is 6.92 Å². The molecule has 0 radical (unpaired) electrons. The largest absolute Gasteiger partial charge is 0.504 e. The summed E-state index contributed by atoms with van der Waals surface area (Å²) < 4.78 is 7.91. The second kappa shape index (κ2) is 7.32. The Labute approximate surface area is 194 Å². The lowest BCUT2D eigenvalue weighted by Crippen LogP contribution is -1.92. The summed E-state index contributed by atoms with van der Waals surface area (Å²) in [6.45, 7) is 2.39. The number of imidazole rings is 1. The van der Waals surface area contributed by atoms with Crippen LogP contribution in [0.25, 0.3) is 44.0 Å². The molecule has 29 heavy (non-hydrogen) atoms. The zero-order valence-corrected chi connectivity index (χ0v) is 19.8. The number of aromatic hydroxyl groups is 1. The van der Waals surface area contributed by atoms with Gasteiger partial charge >= 0.3 is 0 Å². The first kappa shape index (κ1) is 18.9. The highest BCUT2D eigenvalue weighted by atomic mass is 127. The molecule has 0 bridgehead atoms. The molecule has 0 spiro atoms. The van der Waals surface area contributed by atoms with Crippen molar-refractivity contribution in [2.75, 3.05) is 6.61 Å². The number of hydrogen-bond donors (Lipinski definition) is 2. The number of rotatable bonds is 3. The van der Waals surface area contributed by atoms with E-state index in [2.05, 4.69) is 86.6 Å². The average Bonchev–Trinajstić information content (AvgIpc) is 3.16. The molecule has 0 atom stereocenters. The molecular formula is C23H16I2N2O2. The molecule has 144 valence electrons. The van der Waals surface area contributed by atoms with Crippen LogP contribution in [-0.4, -0.2) is 21.7 Å². The van der Waals surface area contributed by atoms with Crippen molar-refractivity contribution in [3.8, 4) is 22.9 Å². The fourth-order valence-electron chi connectivity index (χ4n) is 3.74.